The van der Waals surface area contributed by atoms with Crippen molar-refractivity contribution in [3.63, 3.8) is 0 Å². The Balaban J connectivity index is 1.48. The van der Waals surface area contributed by atoms with Crippen molar-refractivity contribution in [3.8, 4) is 5.75 Å². The Bertz CT molecular complexity index is 1360. The first kappa shape index (κ1) is 26.4. The summed E-state index contributed by atoms with van der Waals surface area (Å²) in [5, 5.41) is 12.6. The second kappa shape index (κ2) is 9.53. The number of nitrogens with one attached hydrogen (secondary N) is 1. The van der Waals surface area contributed by atoms with Gasteiger partial charge in [-0.3, -0.25) is 9.59 Å². The van der Waals surface area contributed by atoms with Crippen molar-refractivity contribution in [2.45, 2.75) is 65.9 Å². The van der Waals surface area contributed by atoms with E-state index in [1.54, 1.807) is 24.3 Å². The molecule has 2 aromatic rings. The molecule has 0 atom stereocenters. The van der Waals surface area contributed by atoms with Crippen LogP contribution in [0.1, 0.15) is 80.8 Å². The molecule has 0 bridgehead atoms. The zero-order valence-electron chi connectivity index (χ0n) is 22.1. The van der Waals surface area contributed by atoms with Gasteiger partial charge in [0.25, 0.3) is 0 Å². The van der Waals surface area contributed by atoms with Gasteiger partial charge in [0.05, 0.1) is 10.0 Å². The second-order valence-electron chi connectivity index (χ2n) is 12.2. The molecule has 2 N–H and O–H groups in total. The minimum atomic E-state index is -0.967. The SMILES string of the molecule is CC1(C)CC(=O)C2=C(C1)NC1=C(C(=O)CC(C)(C)C1)C2c1ccc(OCc2ccc(C(=O)O)cc2)c(Br)c1. The Morgan fingerprint density at radius 3 is 1.97 bits per heavy atom. The van der Waals surface area contributed by atoms with Crippen molar-refractivity contribution >= 4 is 33.5 Å². The van der Waals surface area contributed by atoms with Gasteiger partial charge in [0.1, 0.15) is 12.4 Å². The van der Waals surface area contributed by atoms with Crippen molar-refractivity contribution < 1.29 is 24.2 Å². The fourth-order valence-electron chi connectivity index (χ4n) is 5.94. The average molecular weight is 579 g/mol. The monoisotopic (exact) mass is 577 g/mol. The molecular weight excluding hydrogens is 546 g/mol. The van der Waals surface area contributed by atoms with Gasteiger partial charge in [-0.05, 0) is 75.0 Å². The van der Waals surface area contributed by atoms with Crippen molar-refractivity contribution in [2.75, 3.05) is 0 Å². The van der Waals surface area contributed by atoms with Crippen LogP contribution in [0.3, 0.4) is 0 Å². The first-order valence-corrected chi connectivity index (χ1v) is 13.7. The predicted molar refractivity (Wildman–Crippen MR) is 148 cm³/mol. The number of ether oxygens (including phenoxy) is 1. The molecule has 7 heteroatoms. The normalized spacial score (nSPS) is 20.6. The van der Waals surface area contributed by atoms with Crippen LogP contribution in [0.25, 0.3) is 0 Å². The van der Waals surface area contributed by atoms with E-state index in [2.05, 4.69) is 48.9 Å². The number of Topliss-reactive ketones (excluding diaryl/α,β-unsaturated/α-hetero) is 2. The number of carboxylic acids is 1. The minimum Gasteiger partial charge on any atom is -0.488 e. The number of carboxylic acid groups (broad SMARTS) is 1. The lowest BCUT2D eigenvalue weighted by Gasteiger charge is -2.44. The third-order valence-electron chi connectivity index (χ3n) is 7.60. The van der Waals surface area contributed by atoms with E-state index in [-0.39, 0.29) is 34.6 Å². The number of halogens is 1. The summed E-state index contributed by atoms with van der Waals surface area (Å²) in [5.74, 6) is -0.549. The van der Waals surface area contributed by atoms with Crippen LogP contribution in [0, 0.1) is 10.8 Å². The maximum Gasteiger partial charge on any atom is 0.335 e. The number of carbonyl (C=O) groups excluding carboxylic acids is 2. The third-order valence-corrected chi connectivity index (χ3v) is 8.22. The van der Waals surface area contributed by atoms with E-state index >= 15 is 0 Å². The smallest absolute Gasteiger partial charge is 0.335 e. The van der Waals surface area contributed by atoms with Crippen molar-refractivity contribution in [1.82, 2.24) is 5.32 Å². The fourth-order valence-corrected chi connectivity index (χ4v) is 6.45. The molecule has 0 saturated carbocycles. The van der Waals surface area contributed by atoms with Gasteiger partial charge in [0, 0.05) is 41.3 Å². The molecule has 0 aromatic heterocycles. The van der Waals surface area contributed by atoms with Crippen molar-refractivity contribution in [1.29, 1.82) is 0 Å². The summed E-state index contributed by atoms with van der Waals surface area (Å²) < 4.78 is 6.74. The number of benzene rings is 2. The molecule has 2 aliphatic carbocycles. The molecule has 0 fully saturated rings. The summed E-state index contributed by atoms with van der Waals surface area (Å²) in [6, 6.07) is 12.3. The van der Waals surface area contributed by atoms with Crippen molar-refractivity contribution in [2.24, 2.45) is 10.8 Å². The summed E-state index contributed by atoms with van der Waals surface area (Å²) in [6.45, 7) is 8.73. The number of hydrogen-bond donors (Lipinski definition) is 2. The van der Waals surface area contributed by atoms with E-state index in [1.165, 1.54) is 0 Å². The van der Waals surface area contributed by atoms with Crippen LogP contribution in [0.2, 0.25) is 0 Å². The Morgan fingerprint density at radius 2 is 1.47 bits per heavy atom. The molecule has 0 spiro atoms. The summed E-state index contributed by atoms with van der Waals surface area (Å²) in [6.07, 6.45) is 2.43. The highest BCUT2D eigenvalue weighted by molar-refractivity contribution is 9.10. The maximum absolute atomic E-state index is 13.5. The lowest BCUT2D eigenvalue weighted by Crippen LogP contribution is -2.42. The van der Waals surface area contributed by atoms with Crippen LogP contribution >= 0.6 is 15.9 Å². The maximum atomic E-state index is 13.5. The highest BCUT2D eigenvalue weighted by Gasteiger charge is 2.46. The average Bonchev–Trinajstić information content (AvgIpc) is 2.80. The van der Waals surface area contributed by atoms with Crippen LogP contribution in [-0.2, 0) is 16.2 Å². The van der Waals surface area contributed by atoms with Crippen LogP contribution in [0.5, 0.6) is 5.75 Å². The van der Waals surface area contributed by atoms with Gasteiger partial charge in [-0.1, -0.05) is 45.9 Å². The molecule has 3 aliphatic rings. The Morgan fingerprint density at radius 1 is 0.921 bits per heavy atom. The molecule has 1 aliphatic heterocycles. The Labute approximate surface area is 231 Å². The van der Waals surface area contributed by atoms with Gasteiger partial charge in [0.2, 0.25) is 0 Å². The van der Waals surface area contributed by atoms with Crippen LogP contribution in [0.4, 0.5) is 0 Å². The van der Waals surface area contributed by atoms with Crippen LogP contribution in [0.15, 0.2) is 69.5 Å². The van der Waals surface area contributed by atoms with Gasteiger partial charge in [0.15, 0.2) is 11.6 Å². The molecule has 1 heterocycles. The first-order chi connectivity index (χ1) is 17.8. The minimum absolute atomic E-state index is 0.0965. The molecule has 0 unspecified atom stereocenters. The highest BCUT2D eigenvalue weighted by atomic mass is 79.9. The predicted octanol–water partition coefficient (Wildman–Crippen LogP) is 6.70. The van der Waals surface area contributed by atoms with Gasteiger partial charge >= 0.3 is 5.97 Å². The zero-order valence-corrected chi connectivity index (χ0v) is 23.7. The summed E-state index contributed by atoms with van der Waals surface area (Å²) >= 11 is 3.64. The van der Waals surface area contributed by atoms with Gasteiger partial charge < -0.3 is 15.2 Å². The number of hydrogen-bond acceptors (Lipinski definition) is 5. The highest BCUT2D eigenvalue weighted by Crippen LogP contribution is 2.51. The number of aromatic carboxylic acids is 1. The van der Waals surface area contributed by atoms with E-state index in [9.17, 15) is 14.4 Å². The molecule has 0 radical (unpaired) electrons. The van der Waals surface area contributed by atoms with Gasteiger partial charge in [-0.25, -0.2) is 4.79 Å². The standard InChI is InChI=1S/C31H32BrNO5/c1-30(2)12-21-27(23(34)14-30)26(28-22(33-21)13-31(3,4)15-24(28)35)19-9-10-25(20(32)11-19)38-16-17-5-7-18(8-6-17)29(36)37/h5-11,26,33H,12-16H2,1-4H3,(H,36,37). The second-order valence-corrected chi connectivity index (χ2v) is 13.1. The molecule has 0 amide bonds. The third kappa shape index (κ3) is 5.08. The quantitative estimate of drug-likeness (QED) is 0.410. The van der Waals surface area contributed by atoms with Crippen molar-refractivity contribution in [3.05, 3.63) is 86.2 Å². The first-order valence-electron chi connectivity index (χ1n) is 12.9. The molecule has 6 nitrogen and oxygen atoms in total. The van der Waals surface area contributed by atoms with Crippen LogP contribution in [-0.4, -0.2) is 22.6 Å². The number of carbonyl (C=O) groups is 3. The van der Waals surface area contributed by atoms with E-state index in [4.69, 9.17) is 9.84 Å². The van der Waals surface area contributed by atoms with Gasteiger partial charge in [-0.15, -0.1) is 0 Å². The lowest BCUT2D eigenvalue weighted by atomic mass is 9.64. The Kier molecular flexibility index (Phi) is 6.62. The molecule has 5 rings (SSSR count). The molecule has 38 heavy (non-hydrogen) atoms. The topological polar surface area (TPSA) is 92.7 Å². The van der Waals surface area contributed by atoms with E-state index in [1.807, 2.05) is 18.2 Å². The van der Waals surface area contributed by atoms with E-state index in [0.717, 1.165) is 51.0 Å². The summed E-state index contributed by atoms with van der Waals surface area (Å²) in [4.78, 5) is 38.1. The Hall–Kier alpha value is -3.19. The molecule has 2 aromatic carbocycles. The summed E-state index contributed by atoms with van der Waals surface area (Å²) in [5.41, 5.74) is 5.01. The number of dihydropyridines is 1. The molecule has 0 saturated heterocycles. The zero-order chi connectivity index (χ0) is 27.4. The van der Waals surface area contributed by atoms with Crippen LogP contribution < -0.4 is 10.1 Å². The summed E-state index contributed by atoms with van der Waals surface area (Å²) in [7, 11) is 0. The molecular formula is C31H32BrNO5. The van der Waals surface area contributed by atoms with E-state index < -0.39 is 11.9 Å². The number of allylic oxidation sites excluding steroid dienone is 4. The van der Waals surface area contributed by atoms with E-state index in [0.29, 0.717) is 18.6 Å². The number of rotatable bonds is 5. The molecule has 198 valence electrons. The van der Waals surface area contributed by atoms with Gasteiger partial charge in [-0.2, -0.15) is 0 Å². The lowest BCUT2D eigenvalue weighted by molar-refractivity contribution is -0.119. The largest absolute Gasteiger partial charge is 0.488 e. The number of ketones is 2. The fraction of sp³-hybridized carbons (Fsp3) is 0.387.